The highest BCUT2D eigenvalue weighted by Crippen LogP contribution is 2.40. The molecule has 3 aliphatic rings. The van der Waals surface area contributed by atoms with Crippen LogP contribution >= 0.6 is 11.3 Å². The van der Waals surface area contributed by atoms with Gasteiger partial charge >= 0.3 is 6.09 Å². The maximum absolute atomic E-state index is 13.6. The van der Waals surface area contributed by atoms with Crippen LogP contribution in [0.2, 0.25) is 0 Å². The number of anilines is 1. The number of ether oxygens (including phenoxy) is 1. The molecule has 10 heteroatoms. The van der Waals surface area contributed by atoms with Crippen LogP contribution in [-0.4, -0.2) is 58.7 Å². The first-order chi connectivity index (χ1) is 20.0. The van der Waals surface area contributed by atoms with Gasteiger partial charge in [0.15, 0.2) is 5.13 Å². The van der Waals surface area contributed by atoms with Gasteiger partial charge in [0.2, 0.25) is 0 Å². The largest absolute Gasteiger partial charge is 0.444 e. The molecule has 220 valence electrons. The van der Waals surface area contributed by atoms with Crippen molar-refractivity contribution in [1.82, 2.24) is 9.88 Å². The number of aromatic nitrogens is 1. The molecule has 0 bridgehead atoms. The molecule has 1 unspecified atom stereocenters. The first-order valence-corrected chi connectivity index (χ1v) is 15.4. The lowest BCUT2D eigenvalue weighted by Gasteiger charge is -2.34. The van der Waals surface area contributed by atoms with Crippen LogP contribution < -0.4 is 4.90 Å². The van der Waals surface area contributed by atoms with Gasteiger partial charge in [0.1, 0.15) is 28.1 Å². The molecule has 1 aromatic carbocycles. The smallest absolute Gasteiger partial charge is 0.410 e. The summed E-state index contributed by atoms with van der Waals surface area (Å²) < 4.78 is 19.1. The maximum Gasteiger partial charge on any atom is 0.410 e. The standard InChI is InChI=1S/C32H37FN6O2S/c1-7-24-25(39(8-2)30-37-29(26(18-34)42-30)20-9-11-22(33)12-10-20)17-23-27(36-24)19(3)35-28(23)21-13-15-38(16-14-21)31(40)41-32(4,5)6/h9-12,17,21,24H,7-8,13-16H2,1-6H3. The molecule has 0 spiro atoms. The number of piperidine rings is 1. The number of likely N-dealkylation sites (N-methyl/N-ethyl adjacent to an activating group) is 1. The summed E-state index contributed by atoms with van der Waals surface area (Å²) >= 11 is 1.34. The Morgan fingerprint density at radius 3 is 2.50 bits per heavy atom. The zero-order chi connectivity index (χ0) is 30.2. The molecule has 1 amide bonds. The molecular weight excluding hydrogens is 551 g/mol. The van der Waals surface area contributed by atoms with E-state index in [2.05, 4.69) is 30.9 Å². The molecule has 2 aromatic rings. The highest BCUT2D eigenvalue weighted by atomic mass is 32.1. The highest BCUT2D eigenvalue weighted by Gasteiger charge is 2.36. The molecule has 42 heavy (non-hydrogen) atoms. The van der Waals surface area contributed by atoms with Gasteiger partial charge in [0.25, 0.3) is 0 Å². The number of hydrogen-bond acceptors (Lipinski definition) is 8. The van der Waals surface area contributed by atoms with Gasteiger partial charge < -0.3 is 14.5 Å². The summed E-state index contributed by atoms with van der Waals surface area (Å²) in [5, 5.41) is 10.6. The molecule has 5 rings (SSSR count). The SMILES string of the molecule is CCC1N=C2C(C)=NC(C3CCN(C(=O)OC(C)(C)C)CC3)=C2C=C1N(CC)c1nc(-c2ccc(F)cc2)c(C#N)s1. The molecule has 0 radical (unpaired) electrons. The van der Waals surface area contributed by atoms with Crippen LogP contribution in [0.25, 0.3) is 11.3 Å². The van der Waals surface area contributed by atoms with Gasteiger partial charge in [-0.25, -0.2) is 14.2 Å². The van der Waals surface area contributed by atoms with Crippen molar-refractivity contribution in [2.75, 3.05) is 24.5 Å². The number of rotatable bonds is 6. The lowest BCUT2D eigenvalue weighted by atomic mass is 9.89. The summed E-state index contributed by atoms with van der Waals surface area (Å²) in [6.07, 6.45) is 4.35. The Labute approximate surface area is 250 Å². The van der Waals surface area contributed by atoms with Crippen molar-refractivity contribution >= 4 is 34.0 Å². The molecule has 4 heterocycles. The summed E-state index contributed by atoms with van der Waals surface area (Å²) in [5.74, 6) is -0.120. The normalized spacial score (nSPS) is 19.1. The quantitative estimate of drug-likeness (QED) is 0.358. The number of dihydropyridines is 1. The third-order valence-electron chi connectivity index (χ3n) is 7.69. The molecule has 1 saturated heterocycles. The minimum Gasteiger partial charge on any atom is -0.444 e. The number of carbonyl (C=O) groups excluding carboxylic acids is 1. The number of nitriles is 1. The Hall–Kier alpha value is -3.84. The topological polar surface area (TPSA) is 94.2 Å². The zero-order valence-electron chi connectivity index (χ0n) is 25.1. The Bertz CT molecular complexity index is 1530. The number of aliphatic imine (C=N–C) groups is 2. The van der Waals surface area contributed by atoms with Crippen molar-refractivity contribution in [2.45, 2.75) is 72.4 Å². The summed E-state index contributed by atoms with van der Waals surface area (Å²) in [4.78, 5) is 32.1. The van der Waals surface area contributed by atoms with Crippen LogP contribution in [-0.2, 0) is 4.74 Å². The van der Waals surface area contributed by atoms with Gasteiger partial charge in [-0.3, -0.25) is 9.98 Å². The number of likely N-dealkylation sites (tertiary alicyclic amines) is 1. The second-order valence-corrected chi connectivity index (χ2v) is 12.7. The van der Waals surface area contributed by atoms with Crippen LogP contribution in [0.3, 0.4) is 0 Å². The maximum atomic E-state index is 13.6. The molecular formula is C32H37FN6O2S. The van der Waals surface area contributed by atoms with E-state index in [1.54, 1.807) is 17.0 Å². The molecule has 3 aliphatic heterocycles. The predicted molar refractivity (Wildman–Crippen MR) is 166 cm³/mol. The van der Waals surface area contributed by atoms with Gasteiger partial charge in [0.05, 0.1) is 23.2 Å². The summed E-state index contributed by atoms with van der Waals surface area (Å²) in [6.45, 7) is 13.7. The van der Waals surface area contributed by atoms with E-state index < -0.39 is 5.60 Å². The third kappa shape index (κ3) is 5.88. The lowest BCUT2D eigenvalue weighted by Crippen LogP contribution is -2.42. The first-order valence-electron chi connectivity index (χ1n) is 14.5. The zero-order valence-corrected chi connectivity index (χ0v) is 25.9. The van der Waals surface area contributed by atoms with Crippen molar-refractivity contribution in [2.24, 2.45) is 15.9 Å². The summed E-state index contributed by atoms with van der Waals surface area (Å²) in [7, 11) is 0. The predicted octanol–water partition coefficient (Wildman–Crippen LogP) is 7.14. The molecule has 0 aliphatic carbocycles. The van der Waals surface area contributed by atoms with Crippen LogP contribution in [0.15, 0.2) is 57.3 Å². The van der Waals surface area contributed by atoms with E-state index in [4.69, 9.17) is 19.7 Å². The highest BCUT2D eigenvalue weighted by molar-refractivity contribution is 7.16. The molecule has 1 aromatic heterocycles. The third-order valence-corrected chi connectivity index (χ3v) is 8.68. The number of thiazole rings is 1. The Morgan fingerprint density at radius 2 is 1.90 bits per heavy atom. The monoisotopic (exact) mass is 588 g/mol. The molecule has 1 fully saturated rings. The number of amides is 1. The Morgan fingerprint density at radius 1 is 1.21 bits per heavy atom. The van der Waals surface area contributed by atoms with Gasteiger partial charge in [-0.05, 0) is 84.2 Å². The molecule has 1 atom stereocenters. The van der Waals surface area contributed by atoms with E-state index >= 15 is 0 Å². The van der Waals surface area contributed by atoms with Gasteiger partial charge in [-0.1, -0.05) is 18.3 Å². The number of carbonyl (C=O) groups is 1. The van der Waals surface area contributed by atoms with E-state index in [-0.39, 0.29) is 23.9 Å². The average Bonchev–Trinajstić information content (AvgIpc) is 3.53. The number of benzene rings is 1. The van der Waals surface area contributed by atoms with Crippen LogP contribution in [0.1, 0.15) is 65.7 Å². The van der Waals surface area contributed by atoms with Crippen molar-refractivity contribution in [3.8, 4) is 17.3 Å². The first kappa shape index (κ1) is 29.6. The van der Waals surface area contributed by atoms with Crippen molar-refractivity contribution in [3.63, 3.8) is 0 Å². The van der Waals surface area contributed by atoms with E-state index in [0.717, 1.165) is 47.7 Å². The van der Waals surface area contributed by atoms with E-state index in [0.29, 0.717) is 40.9 Å². The summed E-state index contributed by atoms with van der Waals surface area (Å²) in [6, 6.07) is 8.27. The fourth-order valence-electron chi connectivity index (χ4n) is 5.64. The number of nitrogens with zero attached hydrogens (tertiary/aromatic N) is 6. The Kier molecular flexibility index (Phi) is 8.33. The van der Waals surface area contributed by atoms with E-state index in [1.165, 1.54) is 23.5 Å². The number of allylic oxidation sites excluding steroid dienone is 3. The van der Waals surface area contributed by atoms with E-state index in [1.807, 2.05) is 27.7 Å². The second-order valence-electron chi connectivity index (χ2n) is 11.7. The van der Waals surface area contributed by atoms with Crippen LogP contribution in [0.5, 0.6) is 0 Å². The number of hydrogen-bond donors (Lipinski definition) is 0. The van der Waals surface area contributed by atoms with Gasteiger partial charge in [-0.15, -0.1) is 0 Å². The fraction of sp³-hybridized carbons (Fsp3) is 0.469. The van der Waals surface area contributed by atoms with Crippen molar-refractivity contribution in [1.29, 1.82) is 5.26 Å². The minimum atomic E-state index is -0.522. The molecule has 0 saturated carbocycles. The van der Waals surface area contributed by atoms with Gasteiger partial charge in [0, 0.05) is 42.4 Å². The Balaban J connectivity index is 1.45. The van der Waals surface area contributed by atoms with Gasteiger partial charge in [-0.2, -0.15) is 5.26 Å². The van der Waals surface area contributed by atoms with Crippen molar-refractivity contribution in [3.05, 3.63) is 58.0 Å². The second kappa shape index (κ2) is 11.8. The number of fused-ring (bicyclic) bond motifs is 1. The lowest BCUT2D eigenvalue weighted by molar-refractivity contribution is 0.0194. The van der Waals surface area contributed by atoms with Crippen LogP contribution in [0, 0.1) is 23.1 Å². The van der Waals surface area contributed by atoms with Crippen molar-refractivity contribution < 1.29 is 13.9 Å². The minimum absolute atomic E-state index is 0.0778. The fourth-order valence-corrected chi connectivity index (χ4v) is 6.61. The number of halogens is 1. The molecule has 0 N–H and O–H groups in total. The summed E-state index contributed by atoms with van der Waals surface area (Å²) in [5.41, 5.74) is 5.70. The average molecular weight is 589 g/mol. The molecule has 8 nitrogen and oxygen atoms in total. The van der Waals surface area contributed by atoms with Crippen LogP contribution in [0.4, 0.5) is 14.3 Å². The van der Waals surface area contributed by atoms with E-state index in [9.17, 15) is 14.4 Å².